The molecule has 4 aromatic rings. The number of hydrogen-bond acceptors (Lipinski definition) is 6. The summed E-state index contributed by atoms with van der Waals surface area (Å²) in [6.45, 7) is 3.92. The number of halogens is 1. The molecule has 1 aliphatic rings. The minimum Gasteiger partial charge on any atom is -0.340 e. The molecule has 0 saturated carbocycles. The first-order valence-corrected chi connectivity index (χ1v) is 13.0. The molecule has 1 saturated heterocycles. The van der Waals surface area contributed by atoms with Gasteiger partial charge < -0.3 is 4.90 Å². The van der Waals surface area contributed by atoms with Crippen LogP contribution in [-0.2, 0) is 17.9 Å². The Morgan fingerprint density at radius 1 is 1.06 bits per heavy atom. The Kier molecular flexibility index (Phi) is 6.59. The SMILES string of the molecule is O=C(Cn1cnc2scc(-c3cccs3)c2c1=O)N1CCCN(Cc2ccc(Cl)cc2)CC1. The lowest BCUT2D eigenvalue weighted by molar-refractivity contribution is -0.131. The molecule has 6 nitrogen and oxygen atoms in total. The molecule has 0 atom stereocenters. The summed E-state index contributed by atoms with van der Waals surface area (Å²) in [5, 5.41) is 5.30. The molecule has 0 bridgehead atoms. The Bertz CT molecular complexity index is 1310. The van der Waals surface area contributed by atoms with Crippen LogP contribution in [-0.4, -0.2) is 51.4 Å². The van der Waals surface area contributed by atoms with Gasteiger partial charge in [-0.15, -0.1) is 22.7 Å². The Morgan fingerprint density at radius 3 is 2.70 bits per heavy atom. The van der Waals surface area contributed by atoms with Crippen LogP contribution in [0.25, 0.3) is 20.7 Å². The number of carbonyl (C=O) groups is 1. The van der Waals surface area contributed by atoms with Crippen molar-refractivity contribution in [2.24, 2.45) is 0 Å². The van der Waals surface area contributed by atoms with E-state index in [1.807, 2.05) is 52.1 Å². The van der Waals surface area contributed by atoms with Crippen LogP contribution in [0.1, 0.15) is 12.0 Å². The van der Waals surface area contributed by atoms with Crippen LogP contribution in [0, 0.1) is 0 Å². The van der Waals surface area contributed by atoms with Gasteiger partial charge in [-0.1, -0.05) is 29.8 Å². The molecule has 4 heterocycles. The maximum Gasteiger partial charge on any atom is 0.263 e. The Hall–Kier alpha value is -2.52. The summed E-state index contributed by atoms with van der Waals surface area (Å²) in [6.07, 6.45) is 2.40. The summed E-state index contributed by atoms with van der Waals surface area (Å²) in [6, 6.07) is 11.9. The Balaban J connectivity index is 1.27. The third kappa shape index (κ3) is 4.89. The van der Waals surface area contributed by atoms with E-state index < -0.39 is 0 Å². The predicted octanol–water partition coefficient (Wildman–Crippen LogP) is 4.57. The molecule has 1 fully saturated rings. The van der Waals surface area contributed by atoms with E-state index in [0.29, 0.717) is 23.3 Å². The van der Waals surface area contributed by atoms with Crippen molar-refractivity contribution in [2.75, 3.05) is 26.2 Å². The number of aromatic nitrogens is 2. The van der Waals surface area contributed by atoms with Crippen LogP contribution >= 0.6 is 34.3 Å². The lowest BCUT2D eigenvalue weighted by Gasteiger charge is -2.22. The molecule has 3 aromatic heterocycles. The van der Waals surface area contributed by atoms with Gasteiger partial charge in [-0.05, 0) is 35.6 Å². The number of benzene rings is 1. The monoisotopic (exact) mass is 498 g/mol. The van der Waals surface area contributed by atoms with Gasteiger partial charge >= 0.3 is 0 Å². The maximum atomic E-state index is 13.2. The zero-order valence-electron chi connectivity index (χ0n) is 17.9. The fourth-order valence-electron chi connectivity index (χ4n) is 4.17. The molecule has 1 amide bonds. The lowest BCUT2D eigenvalue weighted by atomic mass is 10.2. The quantitative estimate of drug-likeness (QED) is 0.404. The van der Waals surface area contributed by atoms with Gasteiger partial charge in [-0.25, -0.2) is 4.98 Å². The molecule has 1 aromatic carbocycles. The van der Waals surface area contributed by atoms with Crippen molar-refractivity contribution in [3.05, 3.63) is 74.4 Å². The number of nitrogens with zero attached hydrogens (tertiary/aromatic N) is 4. The number of carbonyl (C=O) groups excluding carboxylic acids is 1. The number of hydrogen-bond donors (Lipinski definition) is 0. The van der Waals surface area contributed by atoms with E-state index in [2.05, 4.69) is 9.88 Å². The first kappa shape index (κ1) is 22.3. The van der Waals surface area contributed by atoms with Crippen LogP contribution in [0.15, 0.2) is 58.3 Å². The summed E-state index contributed by atoms with van der Waals surface area (Å²) < 4.78 is 1.45. The van der Waals surface area contributed by atoms with Crippen LogP contribution in [0.2, 0.25) is 5.02 Å². The van der Waals surface area contributed by atoms with Crippen molar-refractivity contribution >= 4 is 50.4 Å². The summed E-state index contributed by atoms with van der Waals surface area (Å²) in [5.41, 5.74) is 1.96. The van der Waals surface area contributed by atoms with Crippen molar-refractivity contribution < 1.29 is 4.79 Å². The molecule has 5 rings (SSSR count). The summed E-state index contributed by atoms with van der Waals surface area (Å²) in [7, 11) is 0. The van der Waals surface area contributed by atoms with Gasteiger partial charge in [0, 0.05) is 53.6 Å². The summed E-state index contributed by atoms with van der Waals surface area (Å²) in [4.78, 5) is 36.7. The molecule has 0 N–H and O–H groups in total. The number of thiophene rings is 2. The van der Waals surface area contributed by atoms with Crippen LogP contribution in [0.3, 0.4) is 0 Å². The van der Waals surface area contributed by atoms with E-state index in [9.17, 15) is 9.59 Å². The normalized spacial score (nSPS) is 15.1. The standard InChI is InChI=1S/C24H23ClN4O2S2/c25-18-6-4-17(5-7-18)13-27-8-2-9-28(11-10-27)21(30)14-29-16-26-23-22(24(29)31)19(15-33-23)20-3-1-12-32-20/h1,3-7,12,15-16H,2,8-11,13-14H2. The second kappa shape index (κ2) is 9.77. The molecule has 1 aliphatic heterocycles. The van der Waals surface area contributed by atoms with Crippen molar-refractivity contribution in [1.29, 1.82) is 0 Å². The Labute approximate surface area is 204 Å². The zero-order chi connectivity index (χ0) is 22.8. The third-order valence-electron chi connectivity index (χ3n) is 5.91. The number of fused-ring (bicyclic) bond motifs is 1. The van der Waals surface area contributed by atoms with Gasteiger partial charge in [0.1, 0.15) is 11.4 Å². The minimum atomic E-state index is -0.155. The smallest absolute Gasteiger partial charge is 0.263 e. The molecular formula is C24H23ClN4O2S2. The fourth-order valence-corrected chi connectivity index (χ4v) is 6.01. The second-order valence-electron chi connectivity index (χ2n) is 8.12. The van der Waals surface area contributed by atoms with Gasteiger partial charge in [-0.2, -0.15) is 0 Å². The largest absolute Gasteiger partial charge is 0.340 e. The highest BCUT2D eigenvalue weighted by Crippen LogP contribution is 2.33. The topological polar surface area (TPSA) is 58.4 Å². The van der Waals surface area contributed by atoms with Crippen LogP contribution < -0.4 is 5.56 Å². The van der Waals surface area contributed by atoms with E-state index in [4.69, 9.17) is 11.6 Å². The number of rotatable bonds is 5. The lowest BCUT2D eigenvalue weighted by Crippen LogP contribution is -2.39. The molecule has 0 radical (unpaired) electrons. The van der Waals surface area contributed by atoms with Crippen molar-refractivity contribution in [3.8, 4) is 10.4 Å². The van der Waals surface area contributed by atoms with E-state index in [1.54, 1.807) is 11.3 Å². The first-order chi connectivity index (χ1) is 16.1. The van der Waals surface area contributed by atoms with Crippen LogP contribution in [0.5, 0.6) is 0 Å². The van der Waals surface area contributed by atoms with Gasteiger partial charge in [-0.3, -0.25) is 19.1 Å². The summed E-state index contributed by atoms with van der Waals surface area (Å²) >= 11 is 9.04. The van der Waals surface area contributed by atoms with Gasteiger partial charge in [0.05, 0.1) is 11.7 Å². The molecule has 9 heteroatoms. The molecule has 0 unspecified atom stereocenters. The van der Waals surface area contributed by atoms with E-state index in [1.165, 1.54) is 27.8 Å². The molecule has 0 aliphatic carbocycles. The molecule has 170 valence electrons. The zero-order valence-corrected chi connectivity index (χ0v) is 20.3. The maximum absolute atomic E-state index is 13.2. The van der Waals surface area contributed by atoms with Crippen molar-refractivity contribution in [1.82, 2.24) is 19.4 Å². The average Bonchev–Trinajstić information content (AvgIpc) is 3.43. The Morgan fingerprint density at radius 2 is 1.91 bits per heavy atom. The van der Waals surface area contributed by atoms with E-state index >= 15 is 0 Å². The molecule has 33 heavy (non-hydrogen) atoms. The summed E-state index contributed by atoms with van der Waals surface area (Å²) in [5.74, 6) is -0.0421. The van der Waals surface area contributed by atoms with Gasteiger partial charge in [0.25, 0.3) is 5.56 Å². The highest BCUT2D eigenvalue weighted by molar-refractivity contribution is 7.18. The number of amides is 1. The average molecular weight is 499 g/mol. The van der Waals surface area contributed by atoms with Crippen molar-refractivity contribution in [2.45, 2.75) is 19.5 Å². The van der Waals surface area contributed by atoms with Crippen LogP contribution in [0.4, 0.5) is 0 Å². The predicted molar refractivity (Wildman–Crippen MR) is 135 cm³/mol. The van der Waals surface area contributed by atoms with E-state index in [-0.39, 0.29) is 18.0 Å². The molecular weight excluding hydrogens is 476 g/mol. The second-order valence-corrected chi connectivity index (χ2v) is 10.4. The van der Waals surface area contributed by atoms with Gasteiger partial charge in [0.15, 0.2) is 0 Å². The van der Waals surface area contributed by atoms with E-state index in [0.717, 1.165) is 41.5 Å². The van der Waals surface area contributed by atoms with Gasteiger partial charge in [0.2, 0.25) is 5.91 Å². The molecule has 0 spiro atoms. The fraction of sp³-hybridized carbons (Fsp3) is 0.292. The first-order valence-electron chi connectivity index (χ1n) is 10.8. The highest BCUT2D eigenvalue weighted by Gasteiger charge is 2.21. The highest BCUT2D eigenvalue weighted by atomic mass is 35.5. The van der Waals surface area contributed by atoms with Crippen molar-refractivity contribution in [3.63, 3.8) is 0 Å². The third-order valence-corrected chi connectivity index (χ3v) is 7.96. The minimum absolute atomic E-state index is 0.0126.